The molecule has 49 heavy (non-hydrogen) atoms. The Balaban J connectivity index is 1.59. The van der Waals surface area contributed by atoms with E-state index >= 15 is 0 Å². The first-order valence-electron chi connectivity index (χ1n) is 15.3. The number of fused-ring (bicyclic) bond motifs is 1. The van der Waals surface area contributed by atoms with E-state index in [9.17, 15) is 49.1 Å². The van der Waals surface area contributed by atoms with Gasteiger partial charge in [-0.3, -0.25) is 9.69 Å². The molecule has 1 amide bonds. The fourth-order valence-corrected chi connectivity index (χ4v) is 8.07. The van der Waals surface area contributed by atoms with E-state index in [4.69, 9.17) is 0 Å². The average Bonchev–Trinajstić information content (AvgIpc) is 3.01. The third-order valence-electron chi connectivity index (χ3n) is 9.31. The molecule has 0 aliphatic carbocycles. The molecule has 5 rings (SSSR count). The van der Waals surface area contributed by atoms with Gasteiger partial charge in [0.05, 0.1) is 52.6 Å². The van der Waals surface area contributed by atoms with Gasteiger partial charge in [0.1, 0.15) is 11.6 Å². The number of halogens is 7. The van der Waals surface area contributed by atoms with Gasteiger partial charge in [-0.15, -0.1) is 0 Å². The zero-order chi connectivity index (χ0) is 36.3. The summed E-state index contributed by atoms with van der Waals surface area (Å²) in [5, 5.41) is 10.3. The zero-order valence-electron chi connectivity index (χ0n) is 27.0. The predicted molar refractivity (Wildman–Crippen MR) is 169 cm³/mol. The number of amides is 1. The number of sulfone groups is 1. The number of pyridine rings is 1. The smallest absolute Gasteiger partial charge is 0.394 e. The molecule has 3 heterocycles. The molecule has 266 valence electrons. The molecule has 2 saturated heterocycles. The van der Waals surface area contributed by atoms with Crippen LogP contribution in [0.2, 0.25) is 0 Å². The Hall–Kier alpha value is -3.76. The minimum Gasteiger partial charge on any atom is -0.394 e. The number of alkyl halides is 6. The first-order valence-corrected chi connectivity index (χ1v) is 17.1. The van der Waals surface area contributed by atoms with Crippen molar-refractivity contribution in [1.82, 2.24) is 9.88 Å². The molecule has 2 aliphatic rings. The molecule has 2 atom stereocenters. The van der Waals surface area contributed by atoms with Crippen molar-refractivity contribution in [2.75, 3.05) is 54.6 Å². The first-order chi connectivity index (χ1) is 22.6. The highest BCUT2D eigenvalue weighted by Gasteiger charge is 2.42. The SMILES string of the molecule is Cc1cc(F)ccc1-c1cc(N2CC3CS(=O)(=O)CCN3C[C@@H]2CO)ncc1N(C)C(=O)C(C)(C)c1cc(C(F)(F)F)cc(C(F)(F)F)c1. The second-order valence-electron chi connectivity index (χ2n) is 13.1. The Morgan fingerprint density at radius 1 is 0.959 bits per heavy atom. The van der Waals surface area contributed by atoms with Crippen molar-refractivity contribution in [3.05, 3.63) is 76.7 Å². The van der Waals surface area contributed by atoms with Crippen molar-refractivity contribution in [2.24, 2.45) is 0 Å². The number of aliphatic hydroxyl groups is 1. The maximum Gasteiger partial charge on any atom is 0.416 e. The van der Waals surface area contributed by atoms with Crippen LogP contribution in [0.5, 0.6) is 0 Å². The number of carbonyl (C=O) groups excluding carboxylic acids is 1. The molecule has 2 aromatic carbocycles. The van der Waals surface area contributed by atoms with E-state index in [1.165, 1.54) is 45.3 Å². The fourth-order valence-electron chi connectivity index (χ4n) is 6.49. The van der Waals surface area contributed by atoms with Gasteiger partial charge in [-0.1, -0.05) is 6.07 Å². The summed E-state index contributed by atoms with van der Waals surface area (Å²) in [7, 11) is -1.98. The van der Waals surface area contributed by atoms with Crippen molar-refractivity contribution in [3.8, 4) is 11.1 Å². The van der Waals surface area contributed by atoms with Crippen LogP contribution in [0.4, 0.5) is 42.2 Å². The molecule has 8 nitrogen and oxygen atoms in total. The van der Waals surface area contributed by atoms with E-state index < -0.39 is 62.1 Å². The summed E-state index contributed by atoms with van der Waals surface area (Å²) in [5.74, 6) is -1.15. The molecule has 1 N–H and O–H groups in total. The first kappa shape index (κ1) is 36.5. The van der Waals surface area contributed by atoms with Crippen LogP contribution in [0.15, 0.2) is 48.7 Å². The van der Waals surface area contributed by atoms with Gasteiger partial charge < -0.3 is 14.9 Å². The Labute approximate surface area is 279 Å². The van der Waals surface area contributed by atoms with Crippen LogP contribution in [0.25, 0.3) is 11.1 Å². The lowest BCUT2D eigenvalue weighted by molar-refractivity contribution is -0.143. The lowest BCUT2D eigenvalue weighted by Crippen LogP contribution is -2.64. The minimum atomic E-state index is -5.12. The van der Waals surface area contributed by atoms with Crippen molar-refractivity contribution in [3.63, 3.8) is 0 Å². The highest BCUT2D eigenvalue weighted by atomic mass is 32.2. The summed E-state index contributed by atoms with van der Waals surface area (Å²) in [4.78, 5) is 23.5. The number of aryl methyl sites for hydroxylation is 1. The maximum atomic E-state index is 14.2. The number of nitrogens with zero attached hydrogens (tertiary/aromatic N) is 4. The van der Waals surface area contributed by atoms with Gasteiger partial charge in [-0.05, 0) is 73.9 Å². The van der Waals surface area contributed by atoms with Gasteiger partial charge in [-0.2, -0.15) is 26.3 Å². The number of aromatic nitrogens is 1. The molecule has 2 fully saturated rings. The van der Waals surface area contributed by atoms with E-state index in [1.54, 1.807) is 17.9 Å². The third-order valence-corrected chi connectivity index (χ3v) is 11.0. The van der Waals surface area contributed by atoms with E-state index in [0.29, 0.717) is 47.7 Å². The number of hydrogen-bond acceptors (Lipinski definition) is 7. The largest absolute Gasteiger partial charge is 0.416 e. The Morgan fingerprint density at radius 3 is 2.14 bits per heavy atom. The van der Waals surface area contributed by atoms with Gasteiger partial charge >= 0.3 is 12.4 Å². The molecule has 0 spiro atoms. The Bertz CT molecular complexity index is 1830. The van der Waals surface area contributed by atoms with Gasteiger partial charge in [0.15, 0.2) is 9.84 Å². The summed E-state index contributed by atoms with van der Waals surface area (Å²) < 4.78 is 121. The fraction of sp³-hybridized carbons (Fsp3) is 0.455. The summed E-state index contributed by atoms with van der Waals surface area (Å²) in [5.41, 5.74) is -4.17. The average molecular weight is 717 g/mol. The molecular formula is C33H35F7N4O4S. The number of hydrogen-bond donors (Lipinski definition) is 1. The van der Waals surface area contributed by atoms with Gasteiger partial charge in [0, 0.05) is 38.3 Å². The molecule has 2 aliphatic heterocycles. The van der Waals surface area contributed by atoms with E-state index in [0.717, 1.165) is 4.90 Å². The quantitative estimate of drug-likeness (QED) is 0.339. The molecule has 1 aromatic heterocycles. The third kappa shape index (κ3) is 7.41. The van der Waals surface area contributed by atoms with Gasteiger partial charge in [-0.25, -0.2) is 17.8 Å². The number of carbonyl (C=O) groups is 1. The van der Waals surface area contributed by atoms with Crippen LogP contribution in [0.3, 0.4) is 0 Å². The molecule has 16 heteroatoms. The summed E-state index contributed by atoms with van der Waals surface area (Å²) in [6.07, 6.45) is -8.92. The number of benzene rings is 2. The standard InChI is InChI=1S/C33H35F7N4O4S/c1-19-9-23(34)5-6-26(19)27-13-29(44-16-25-18-49(47,48)8-7-43(25)15-24(44)17-45)41-14-28(27)42(4)30(46)31(2,3)20-10-21(32(35,36)37)12-22(11-20)33(38,39)40/h5-6,9-14,24-25,45H,7-8,15-18H2,1-4H3/t24-,25?/m1/s1. The van der Waals surface area contributed by atoms with Gasteiger partial charge in [0.25, 0.3) is 0 Å². The number of rotatable bonds is 6. The highest BCUT2D eigenvalue weighted by Crippen LogP contribution is 2.41. The molecule has 0 saturated carbocycles. The van der Waals surface area contributed by atoms with Crippen molar-refractivity contribution >= 4 is 27.2 Å². The molecule has 0 bridgehead atoms. The second-order valence-corrected chi connectivity index (χ2v) is 15.3. The van der Waals surface area contributed by atoms with Crippen LogP contribution in [0.1, 0.15) is 36.1 Å². The number of piperazine rings is 1. The van der Waals surface area contributed by atoms with Crippen LogP contribution in [-0.4, -0.2) is 86.2 Å². The zero-order valence-corrected chi connectivity index (χ0v) is 27.8. The maximum absolute atomic E-state index is 14.2. The Kier molecular flexibility index (Phi) is 9.57. The van der Waals surface area contributed by atoms with E-state index in [1.807, 2.05) is 4.90 Å². The van der Waals surface area contributed by atoms with Crippen molar-refractivity contribution < 1.29 is 49.1 Å². The highest BCUT2D eigenvalue weighted by molar-refractivity contribution is 7.91. The minimum absolute atomic E-state index is 0.00592. The normalized spacial score (nSPS) is 20.2. The monoisotopic (exact) mass is 716 g/mol. The van der Waals surface area contributed by atoms with Gasteiger partial charge in [0.2, 0.25) is 5.91 Å². The van der Waals surface area contributed by atoms with Crippen LogP contribution >= 0.6 is 0 Å². The number of aliphatic hydroxyl groups excluding tert-OH is 1. The summed E-state index contributed by atoms with van der Waals surface area (Å²) in [6.45, 7) is 4.66. The molecular weight excluding hydrogens is 681 g/mol. The van der Waals surface area contributed by atoms with Crippen LogP contribution in [0, 0.1) is 12.7 Å². The lowest BCUT2D eigenvalue weighted by atomic mass is 9.81. The van der Waals surface area contributed by atoms with Crippen molar-refractivity contribution in [2.45, 2.75) is 50.6 Å². The number of anilines is 2. The van der Waals surface area contributed by atoms with Crippen LogP contribution < -0.4 is 9.80 Å². The lowest BCUT2D eigenvalue weighted by Gasteiger charge is -2.48. The number of likely N-dealkylation sites (N-methyl/N-ethyl adjacent to an activating group) is 1. The summed E-state index contributed by atoms with van der Waals surface area (Å²) in [6, 6.07) is 5.70. The second kappa shape index (κ2) is 12.8. The van der Waals surface area contributed by atoms with E-state index in [-0.39, 0.29) is 42.5 Å². The predicted octanol–water partition coefficient (Wildman–Crippen LogP) is 5.45. The topological polar surface area (TPSA) is 94.1 Å². The van der Waals surface area contributed by atoms with Crippen molar-refractivity contribution in [1.29, 1.82) is 0 Å². The molecule has 3 aromatic rings. The molecule has 1 unspecified atom stereocenters. The summed E-state index contributed by atoms with van der Waals surface area (Å²) >= 11 is 0. The van der Waals surface area contributed by atoms with E-state index in [2.05, 4.69) is 4.98 Å². The van der Waals surface area contributed by atoms with Crippen LogP contribution in [-0.2, 0) is 32.4 Å². The molecule has 0 radical (unpaired) electrons. The Morgan fingerprint density at radius 2 is 1.57 bits per heavy atom.